The molecule has 2 aromatic rings. The minimum Gasteiger partial charge on any atom is -0.508 e. The molecule has 0 fully saturated rings. The van der Waals surface area contributed by atoms with Gasteiger partial charge in [-0.15, -0.1) is 0 Å². The smallest absolute Gasteiger partial charge is 0.218 e. The van der Waals surface area contributed by atoms with Crippen molar-refractivity contribution in [2.45, 2.75) is 25.7 Å². The predicted octanol–water partition coefficient (Wildman–Crippen LogP) is 3.06. The number of Topliss-reactive ketones (excluding diaryl/α,β-unsaturated/α-hetero) is 1. The summed E-state index contributed by atoms with van der Waals surface area (Å²) >= 11 is 0. The zero-order valence-corrected chi connectivity index (χ0v) is 11.8. The molecule has 1 aromatic carbocycles. The Morgan fingerprint density at radius 3 is 2.73 bits per heavy atom. The van der Waals surface area contributed by atoms with Crippen LogP contribution in [-0.4, -0.2) is 22.3 Å². The summed E-state index contributed by atoms with van der Waals surface area (Å²) in [6.45, 7) is 0. The fourth-order valence-electron chi connectivity index (χ4n) is 2.80. The number of nitrogens with one attached hydrogen (secondary N) is 1. The summed E-state index contributed by atoms with van der Waals surface area (Å²) in [4.78, 5) is 27.9. The number of amides is 1. The molecule has 5 nitrogen and oxygen atoms in total. The predicted molar refractivity (Wildman–Crippen MR) is 78.9 cm³/mol. The molecular formula is C16H15FN2O3. The summed E-state index contributed by atoms with van der Waals surface area (Å²) < 4.78 is 14.0. The van der Waals surface area contributed by atoms with E-state index in [1.165, 1.54) is 12.1 Å². The van der Waals surface area contributed by atoms with Gasteiger partial charge in [-0.1, -0.05) is 0 Å². The first kappa shape index (κ1) is 14.3. The number of nitrogens with zero attached hydrogens (tertiary/aromatic N) is 1. The van der Waals surface area contributed by atoms with Gasteiger partial charge in [-0.25, -0.2) is 4.39 Å². The van der Waals surface area contributed by atoms with Crippen molar-refractivity contribution in [3.63, 3.8) is 0 Å². The summed E-state index contributed by atoms with van der Waals surface area (Å²) in [5.41, 5.74) is 1.58. The van der Waals surface area contributed by atoms with Crippen molar-refractivity contribution in [1.29, 1.82) is 0 Å². The summed E-state index contributed by atoms with van der Waals surface area (Å²) in [6.07, 6.45) is 4.86. The van der Waals surface area contributed by atoms with E-state index in [1.807, 2.05) is 0 Å². The number of fused-ring (bicyclic) bond motifs is 1. The Balaban J connectivity index is 2.10. The third-order valence-electron chi connectivity index (χ3n) is 3.86. The molecule has 0 unspecified atom stereocenters. The van der Waals surface area contributed by atoms with E-state index in [0.29, 0.717) is 24.1 Å². The zero-order chi connectivity index (χ0) is 15.7. The third kappa shape index (κ3) is 2.36. The van der Waals surface area contributed by atoms with Gasteiger partial charge in [0, 0.05) is 24.4 Å². The van der Waals surface area contributed by atoms with Gasteiger partial charge in [0.05, 0.1) is 16.9 Å². The highest BCUT2D eigenvalue weighted by Crippen LogP contribution is 2.35. The first-order valence-corrected chi connectivity index (χ1v) is 7.08. The SMILES string of the molecule is O=CN(c1ccc(O)cc1F)c1c[nH]c2c1C(=O)CCCC2. The molecule has 3 rings (SSSR count). The third-order valence-corrected chi connectivity index (χ3v) is 3.86. The van der Waals surface area contributed by atoms with E-state index < -0.39 is 5.82 Å². The number of phenols is 1. The van der Waals surface area contributed by atoms with Gasteiger partial charge in [-0.05, 0) is 31.4 Å². The number of phenolic OH excluding ortho intramolecular Hbond substituents is 1. The van der Waals surface area contributed by atoms with Crippen LogP contribution in [0.2, 0.25) is 0 Å². The van der Waals surface area contributed by atoms with Crippen LogP contribution in [0.4, 0.5) is 15.8 Å². The lowest BCUT2D eigenvalue weighted by molar-refractivity contribution is -0.106. The van der Waals surface area contributed by atoms with Crippen LogP contribution in [-0.2, 0) is 11.2 Å². The van der Waals surface area contributed by atoms with Crippen molar-refractivity contribution in [2.24, 2.45) is 0 Å². The number of carbonyl (C=O) groups excluding carboxylic acids is 2. The second kappa shape index (κ2) is 5.63. The second-order valence-corrected chi connectivity index (χ2v) is 5.27. The fourth-order valence-corrected chi connectivity index (χ4v) is 2.80. The molecule has 6 heteroatoms. The molecule has 2 N–H and O–H groups in total. The standard InChI is InChI=1S/C16H15FN2O3/c17-11-7-10(21)5-6-13(11)19(9-20)14-8-18-12-3-1-2-4-15(22)16(12)14/h5-9,18,21H,1-4H2. The van der Waals surface area contributed by atoms with Crippen LogP contribution in [0.15, 0.2) is 24.4 Å². The highest BCUT2D eigenvalue weighted by Gasteiger charge is 2.26. The monoisotopic (exact) mass is 302 g/mol. The maximum atomic E-state index is 14.0. The number of rotatable bonds is 3. The molecule has 0 aliphatic heterocycles. The number of benzene rings is 1. The number of hydrogen-bond acceptors (Lipinski definition) is 3. The highest BCUT2D eigenvalue weighted by molar-refractivity contribution is 6.06. The Bertz CT molecular complexity index is 739. The topological polar surface area (TPSA) is 73.4 Å². The average molecular weight is 302 g/mol. The van der Waals surface area contributed by atoms with Crippen LogP contribution < -0.4 is 4.90 Å². The van der Waals surface area contributed by atoms with Crippen molar-refractivity contribution in [3.05, 3.63) is 41.5 Å². The van der Waals surface area contributed by atoms with Crippen molar-refractivity contribution >= 4 is 23.6 Å². The maximum Gasteiger partial charge on any atom is 0.218 e. The number of aromatic amines is 1. The zero-order valence-electron chi connectivity index (χ0n) is 11.8. The normalized spacial score (nSPS) is 14.3. The van der Waals surface area contributed by atoms with Crippen LogP contribution in [0.5, 0.6) is 5.75 Å². The van der Waals surface area contributed by atoms with Crippen LogP contribution in [0.3, 0.4) is 0 Å². The lowest BCUT2D eigenvalue weighted by atomic mass is 10.1. The Morgan fingerprint density at radius 2 is 2.00 bits per heavy atom. The number of halogens is 1. The Kier molecular flexibility index (Phi) is 3.66. The van der Waals surface area contributed by atoms with E-state index in [9.17, 15) is 19.1 Å². The van der Waals surface area contributed by atoms with Gasteiger partial charge in [0.1, 0.15) is 5.75 Å². The van der Waals surface area contributed by atoms with Gasteiger partial charge in [0.2, 0.25) is 6.41 Å². The minimum absolute atomic E-state index is 0.00773. The molecule has 1 heterocycles. The molecule has 0 saturated heterocycles. The molecule has 0 bridgehead atoms. The fraction of sp³-hybridized carbons (Fsp3) is 0.250. The van der Waals surface area contributed by atoms with E-state index in [4.69, 9.17) is 0 Å². The van der Waals surface area contributed by atoms with E-state index in [1.54, 1.807) is 6.20 Å². The average Bonchev–Trinajstić information content (AvgIpc) is 2.81. The highest BCUT2D eigenvalue weighted by atomic mass is 19.1. The number of carbonyl (C=O) groups is 2. The van der Waals surface area contributed by atoms with Crippen molar-refractivity contribution in [2.75, 3.05) is 4.90 Å². The number of ketones is 1. The van der Waals surface area contributed by atoms with Gasteiger partial charge in [-0.2, -0.15) is 0 Å². The van der Waals surface area contributed by atoms with E-state index in [0.717, 1.165) is 35.9 Å². The van der Waals surface area contributed by atoms with Crippen molar-refractivity contribution in [1.82, 2.24) is 4.98 Å². The van der Waals surface area contributed by atoms with Crippen molar-refractivity contribution < 1.29 is 19.1 Å². The van der Waals surface area contributed by atoms with Gasteiger partial charge in [0.25, 0.3) is 0 Å². The maximum absolute atomic E-state index is 14.0. The van der Waals surface area contributed by atoms with Crippen LogP contribution in [0, 0.1) is 5.82 Å². The molecular weight excluding hydrogens is 287 g/mol. The molecule has 1 aliphatic carbocycles. The molecule has 0 saturated carbocycles. The summed E-state index contributed by atoms with van der Waals surface area (Å²) in [5.74, 6) is -1.01. The Labute approximate surface area is 126 Å². The molecule has 1 amide bonds. The van der Waals surface area contributed by atoms with Gasteiger partial charge >= 0.3 is 0 Å². The van der Waals surface area contributed by atoms with E-state index in [2.05, 4.69) is 4.98 Å². The van der Waals surface area contributed by atoms with Gasteiger partial charge in [-0.3, -0.25) is 14.5 Å². The van der Waals surface area contributed by atoms with Crippen LogP contribution >= 0.6 is 0 Å². The molecule has 1 aromatic heterocycles. The summed E-state index contributed by atoms with van der Waals surface area (Å²) in [6, 6.07) is 3.53. The van der Waals surface area contributed by atoms with Gasteiger partial charge in [0.15, 0.2) is 11.6 Å². The number of H-pyrrole nitrogens is 1. The molecule has 114 valence electrons. The van der Waals surface area contributed by atoms with E-state index in [-0.39, 0.29) is 17.2 Å². The van der Waals surface area contributed by atoms with Crippen LogP contribution in [0.1, 0.15) is 35.3 Å². The van der Waals surface area contributed by atoms with Crippen molar-refractivity contribution in [3.8, 4) is 5.75 Å². The molecule has 0 atom stereocenters. The molecule has 0 radical (unpaired) electrons. The summed E-state index contributed by atoms with van der Waals surface area (Å²) in [7, 11) is 0. The minimum atomic E-state index is -0.733. The second-order valence-electron chi connectivity index (χ2n) is 5.27. The van der Waals surface area contributed by atoms with Gasteiger partial charge < -0.3 is 10.1 Å². The number of aromatic nitrogens is 1. The number of anilines is 2. The largest absolute Gasteiger partial charge is 0.508 e. The van der Waals surface area contributed by atoms with E-state index >= 15 is 0 Å². The summed E-state index contributed by atoms with van der Waals surface area (Å²) in [5, 5.41) is 9.29. The Morgan fingerprint density at radius 1 is 1.23 bits per heavy atom. The lowest BCUT2D eigenvalue weighted by Crippen LogP contribution is -2.18. The number of aryl methyl sites for hydroxylation is 1. The van der Waals surface area contributed by atoms with Crippen LogP contribution in [0.25, 0.3) is 0 Å². The first-order chi connectivity index (χ1) is 10.6. The number of aromatic hydroxyl groups is 1. The molecule has 1 aliphatic rings. The lowest BCUT2D eigenvalue weighted by Gasteiger charge is -2.18. The first-order valence-electron chi connectivity index (χ1n) is 7.08. The molecule has 0 spiro atoms. The molecule has 22 heavy (non-hydrogen) atoms. The quantitative estimate of drug-likeness (QED) is 0.676. The number of hydrogen-bond donors (Lipinski definition) is 2. The Hall–Kier alpha value is -2.63.